The minimum atomic E-state index is 0.904. The van der Waals surface area contributed by atoms with Gasteiger partial charge in [-0.2, -0.15) is 0 Å². The van der Waals surface area contributed by atoms with E-state index in [0.717, 1.165) is 11.3 Å². The van der Waals surface area contributed by atoms with Crippen molar-refractivity contribution in [1.82, 2.24) is 0 Å². The van der Waals surface area contributed by atoms with Crippen LogP contribution in [0.1, 0.15) is 13.8 Å². The van der Waals surface area contributed by atoms with Gasteiger partial charge >= 0.3 is 0 Å². The van der Waals surface area contributed by atoms with Crippen molar-refractivity contribution in [1.29, 1.82) is 0 Å². The predicted octanol–water partition coefficient (Wildman–Crippen LogP) is 2.67. The quantitative estimate of drug-likeness (QED) is 0.430. The Morgan fingerprint density at radius 2 is 1.90 bits per heavy atom. The Kier molecular flexibility index (Phi) is 4.38. The lowest BCUT2D eigenvalue weighted by Crippen LogP contribution is -1.76. The average Bonchev–Trinajstić information content (AvgIpc) is 1.99. The van der Waals surface area contributed by atoms with Gasteiger partial charge in [-0.25, -0.2) is 0 Å². The molecule has 0 aliphatic carbocycles. The van der Waals surface area contributed by atoms with Crippen LogP contribution in [-0.2, 0) is 4.74 Å². The summed E-state index contributed by atoms with van der Waals surface area (Å²) in [5, 5.41) is 0. The molecule has 56 valence electrons. The third-order valence-corrected chi connectivity index (χ3v) is 1.22. The molecule has 0 saturated heterocycles. The van der Waals surface area contributed by atoms with Gasteiger partial charge in [0.25, 0.3) is 0 Å². The van der Waals surface area contributed by atoms with E-state index in [4.69, 9.17) is 4.74 Å². The summed E-state index contributed by atoms with van der Waals surface area (Å²) in [5.41, 5.74) is 1.14. The largest absolute Gasteiger partial charge is 0.501 e. The van der Waals surface area contributed by atoms with Crippen LogP contribution in [0.25, 0.3) is 0 Å². The Hall–Kier alpha value is -0.980. The standard InChI is InChI=1S/C9H14O/c1-5-8(2)6-7-9(3)10-4/h5-7H,1H2,2-4H3/b8-6-,9-7+. The van der Waals surface area contributed by atoms with E-state index < -0.39 is 0 Å². The predicted molar refractivity (Wildman–Crippen MR) is 44.7 cm³/mol. The minimum absolute atomic E-state index is 0.904. The van der Waals surface area contributed by atoms with Gasteiger partial charge in [0.05, 0.1) is 12.9 Å². The third-order valence-electron chi connectivity index (χ3n) is 1.22. The Morgan fingerprint density at radius 1 is 1.30 bits per heavy atom. The van der Waals surface area contributed by atoms with Gasteiger partial charge in [-0.05, 0) is 19.9 Å². The van der Waals surface area contributed by atoms with Crippen molar-refractivity contribution in [2.45, 2.75) is 13.8 Å². The molecule has 0 N–H and O–H groups in total. The lowest BCUT2D eigenvalue weighted by Gasteiger charge is -1.94. The van der Waals surface area contributed by atoms with E-state index in [1.807, 2.05) is 26.0 Å². The molecule has 0 aromatic rings. The molecule has 1 nitrogen and oxygen atoms in total. The Balaban J connectivity index is 4.03. The lowest BCUT2D eigenvalue weighted by molar-refractivity contribution is 0.294. The van der Waals surface area contributed by atoms with Gasteiger partial charge in [0.15, 0.2) is 0 Å². The summed E-state index contributed by atoms with van der Waals surface area (Å²) in [4.78, 5) is 0. The molecule has 0 atom stereocenters. The molecule has 0 unspecified atom stereocenters. The first-order valence-corrected chi connectivity index (χ1v) is 3.22. The zero-order valence-electron chi connectivity index (χ0n) is 6.85. The molecule has 10 heavy (non-hydrogen) atoms. The summed E-state index contributed by atoms with van der Waals surface area (Å²) in [6.07, 6.45) is 5.68. The zero-order valence-corrected chi connectivity index (χ0v) is 6.85. The first-order valence-electron chi connectivity index (χ1n) is 3.22. The van der Waals surface area contributed by atoms with Crippen LogP contribution in [0.3, 0.4) is 0 Å². The molecule has 0 aliphatic rings. The topological polar surface area (TPSA) is 9.23 Å². The number of ether oxygens (including phenoxy) is 1. The molecule has 0 aromatic heterocycles. The van der Waals surface area contributed by atoms with E-state index in [0.29, 0.717) is 0 Å². The van der Waals surface area contributed by atoms with Crippen molar-refractivity contribution in [2.75, 3.05) is 7.11 Å². The van der Waals surface area contributed by atoms with Gasteiger partial charge in [-0.1, -0.05) is 24.3 Å². The van der Waals surface area contributed by atoms with Crippen molar-refractivity contribution in [3.05, 3.63) is 36.1 Å². The SMILES string of the molecule is C=C/C(C)=C\C=C(/C)OC. The Labute approximate surface area is 62.7 Å². The summed E-state index contributed by atoms with van der Waals surface area (Å²) in [5.74, 6) is 0.904. The number of allylic oxidation sites excluding steroid dienone is 5. The molecule has 0 fully saturated rings. The van der Waals surface area contributed by atoms with E-state index in [1.54, 1.807) is 13.2 Å². The fourth-order valence-electron chi connectivity index (χ4n) is 0.385. The van der Waals surface area contributed by atoms with E-state index in [9.17, 15) is 0 Å². The second kappa shape index (κ2) is 4.86. The molecule has 0 aromatic carbocycles. The van der Waals surface area contributed by atoms with Gasteiger partial charge in [0.2, 0.25) is 0 Å². The highest BCUT2D eigenvalue weighted by atomic mass is 16.5. The van der Waals surface area contributed by atoms with Crippen molar-refractivity contribution in [3.63, 3.8) is 0 Å². The van der Waals surface area contributed by atoms with Crippen LogP contribution in [-0.4, -0.2) is 7.11 Å². The van der Waals surface area contributed by atoms with E-state index in [-0.39, 0.29) is 0 Å². The number of methoxy groups -OCH3 is 1. The Morgan fingerprint density at radius 3 is 2.30 bits per heavy atom. The molecule has 0 rings (SSSR count). The zero-order chi connectivity index (χ0) is 7.98. The molecule has 0 radical (unpaired) electrons. The van der Waals surface area contributed by atoms with Crippen LogP contribution >= 0.6 is 0 Å². The van der Waals surface area contributed by atoms with Crippen molar-refractivity contribution in [2.24, 2.45) is 0 Å². The highest BCUT2D eigenvalue weighted by Gasteiger charge is 1.80. The maximum Gasteiger partial charge on any atom is 0.0924 e. The third kappa shape index (κ3) is 3.96. The van der Waals surface area contributed by atoms with Crippen LogP contribution in [0.5, 0.6) is 0 Å². The summed E-state index contributed by atoms with van der Waals surface area (Å²) in [6, 6.07) is 0. The highest BCUT2D eigenvalue weighted by molar-refractivity contribution is 5.20. The van der Waals surface area contributed by atoms with Gasteiger partial charge in [-0.15, -0.1) is 0 Å². The van der Waals surface area contributed by atoms with Crippen molar-refractivity contribution in [3.8, 4) is 0 Å². The first kappa shape index (κ1) is 9.02. The normalized spacial score (nSPS) is 13.1. The lowest BCUT2D eigenvalue weighted by atomic mass is 10.3. The Bertz CT molecular complexity index is 164. The number of hydrogen-bond donors (Lipinski definition) is 0. The number of rotatable bonds is 3. The summed E-state index contributed by atoms with van der Waals surface area (Å²) < 4.78 is 4.93. The van der Waals surface area contributed by atoms with Gasteiger partial charge in [0.1, 0.15) is 0 Å². The molecule has 0 saturated carbocycles. The monoisotopic (exact) mass is 138 g/mol. The smallest absolute Gasteiger partial charge is 0.0924 e. The van der Waals surface area contributed by atoms with Gasteiger partial charge < -0.3 is 4.74 Å². The molecule has 0 bridgehead atoms. The summed E-state index contributed by atoms with van der Waals surface area (Å²) in [6.45, 7) is 7.53. The minimum Gasteiger partial charge on any atom is -0.501 e. The maximum absolute atomic E-state index is 4.93. The maximum atomic E-state index is 4.93. The molecule has 1 heteroatoms. The van der Waals surface area contributed by atoms with E-state index in [2.05, 4.69) is 6.58 Å². The van der Waals surface area contributed by atoms with Crippen molar-refractivity contribution < 1.29 is 4.74 Å². The molecular formula is C9H14O. The first-order chi connectivity index (χ1) is 4.70. The second-order valence-corrected chi connectivity index (χ2v) is 2.10. The second-order valence-electron chi connectivity index (χ2n) is 2.10. The van der Waals surface area contributed by atoms with Gasteiger partial charge in [0, 0.05) is 0 Å². The van der Waals surface area contributed by atoms with Crippen LogP contribution in [0.4, 0.5) is 0 Å². The number of hydrogen-bond acceptors (Lipinski definition) is 1. The van der Waals surface area contributed by atoms with Crippen LogP contribution in [0, 0.1) is 0 Å². The molecular weight excluding hydrogens is 124 g/mol. The fraction of sp³-hybridized carbons (Fsp3) is 0.333. The van der Waals surface area contributed by atoms with Crippen molar-refractivity contribution >= 4 is 0 Å². The van der Waals surface area contributed by atoms with Crippen LogP contribution in [0.15, 0.2) is 36.1 Å². The molecule has 0 aliphatic heterocycles. The van der Waals surface area contributed by atoms with E-state index in [1.165, 1.54) is 0 Å². The van der Waals surface area contributed by atoms with Crippen LogP contribution in [0.2, 0.25) is 0 Å². The van der Waals surface area contributed by atoms with Crippen LogP contribution < -0.4 is 0 Å². The summed E-state index contributed by atoms with van der Waals surface area (Å²) in [7, 11) is 1.66. The molecule has 0 spiro atoms. The molecule has 0 amide bonds. The molecule has 0 heterocycles. The average molecular weight is 138 g/mol. The highest BCUT2D eigenvalue weighted by Crippen LogP contribution is 1.97. The van der Waals surface area contributed by atoms with Gasteiger partial charge in [-0.3, -0.25) is 0 Å². The summed E-state index contributed by atoms with van der Waals surface area (Å²) >= 11 is 0. The fourth-order valence-corrected chi connectivity index (χ4v) is 0.385. The van der Waals surface area contributed by atoms with E-state index >= 15 is 0 Å².